The molecule has 0 atom stereocenters. The predicted molar refractivity (Wildman–Crippen MR) is 80.0 cm³/mol. The summed E-state index contributed by atoms with van der Waals surface area (Å²) in [6, 6.07) is 7.51. The van der Waals surface area contributed by atoms with Gasteiger partial charge in [-0.15, -0.1) is 0 Å². The van der Waals surface area contributed by atoms with Crippen LogP contribution in [0.25, 0.3) is 0 Å². The lowest BCUT2D eigenvalue weighted by Gasteiger charge is -2.31. The van der Waals surface area contributed by atoms with Gasteiger partial charge in [-0.3, -0.25) is 4.79 Å². The van der Waals surface area contributed by atoms with Crippen LogP contribution in [0.3, 0.4) is 0 Å². The van der Waals surface area contributed by atoms with Crippen molar-refractivity contribution in [3.05, 3.63) is 35.4 Å². The van der Waals surface area contributed by atoms with Crippen LogP contribution in [0.2, 0.25) is 19.6 Å². The Bertz CT molecular complexity index is 430. The van der Waals surface area contributed by atoms with Gasteiger partial charge in [0.15, 0.2) is 14.1 Å². The number of Topliss-reactive ketones (excluding diaryl/α,β-unsaturated/α-hetero) is 1. The molecule has 0 bridgehead atoms. The van der Waals surface area contributed by atoms with Gasteiger partial charge < -0.3 is 9.16 Å². The normalized spacial score (nSPS) is 12.5. The van der Waals surface area contributed by atoms with E-state index in [4.69, 9.17) is 9.16 Å². The van der Waals surface area contributed by atoms with Crippen LogP contribution < -0.4 is 0 Å². The highest BCUT2D eigenvalue weighted by atomic mass is 28.4. The lowest BCUT2D eigenvalue weighted by molar-refractivity contribution is 0.0558. The van der Waals surface area contributed by atoms with Crippen LogP contribution in [0.4, 0.5) is 0 Å². The third kappa shape index (κ3) is 4.89. The molecular weight excluding hydrogens is 256 g/mol. The van der Waals surface area contributed by atoms with Crippen LogP contribution in [0.5, 0.6) is 0 Å². The van der Waals surface area contributed by atoms with Gasteiger partial charge in [0.25, 0.3) is 0 Å². The van der Waals surface area contributed by atoms with Crippen LogP contribution in [0.15, 0.2) is 24.3 Å². The number of rotatable bonds is 6. The fourth-order valence-corrected chi connectivity index (χ4v) is 3.70. The van der Waals surface area contributed by atoms with Crippen molar-refractivity contribution in [2.75, 3.05) is 7.11 Å². The SMILES string of the molecule is COCc1ccc(C(=O)C(C)(C)O[Si](C)(C)C)cc1. The van der Waals surface area contributed by atoms with Gasteiger partial charge in [-0.05, 0) is 39.1 Å². The lowest BCUT2D eigenvalue weighted by atomic mass is 9.96. The van der Waals surface area contributed by atoms with Gasteiger partial charge in [0, 0.05) is 12.7 Å². The molecular formula is C15H24O3Si. The Hall–Kier alpha value is -0.973. The minimum atomic E-state index is -1.75. The maximum Gasteiger partial charge on any atom is 0.192 e. The van der Waals surface area contributed by atoms with E-state index in [-0.39, 0.29) is 5.78 Å². The number of ketones is 1. The predicted octanol–water partition coefficient (Wildman–Crippen LogP) is 3.65. The topological polar surface area (TPSA) is 35.5 Å². The Kier molecular flexibility index (Phi) is 5.07. The highest BCUT2D eigenvalue weighted by Gasteiger charge is 2.34. The van der Waals surface area contributed by atoms with Crippen LogP contribution in [0, 0.1) is 0 Å². The molecule has 1 aromatic carbocycles. The van der Waals surface area contributed by atoms with Gasteiger partial charge >= 0.3 is 0 Å². The van der Waals surface area contributed by atoms with E-state index in [1.165, 1.54) is 0 Å². The molecule has 0 spiro atoms. The summed E-state index contributed by atoms with van der Waals surface area (Å²) >= 11 is 0. The molecule has 1 rings (SSSR count). The first-order chi connectivity index (χ1) is 8.65. The highest BCUT2D eigenvalue weighted by Crippen LogP contribution is 2.22. The van der Waals surface area contributed by atoms with Crippen molar-refractivity contribution < 1.29 is 14.0 Å². The fourth-order valence-electron chi connectivity index (χ4n) is 2.08. The molecule has 4 heteroatoms. The molecule has 0 aliphatic heterocycles. The molecule has 0 aliphatic carbocycles. The standard InChI is InChI=1S/C15H24O3Si/c1-15(2,18-19(4,5)6)14(16)13-9-7-12(8-10-13)11-17-3/h7-10H,11H2,1-6H3. The Morgan fingerprint density at radius 2 is 1.68 bits per heavy atom. The Labute approximate surface area is 117 Å². The van der Waals surface area contributed by atoms with Crippen LogP contribution >= 0.6 is 0 Å². The molecule has 0 amide bonds. The monoisotopic (exact) mass is 280 g/mol. The molecule has 0 radical (unpaired) electrons. The van der Waals surface area contributed by atoms with E-state index in [1.807, 2.05) is 38.1 Å². The largest absolute Gasteiger partial charge is 0.405 e. The maximum absolute atomic E-state index is 12.5. The van der Waals surface area contributed by atoms with Crippen molar-refractivity contribution in [3.63, 3.8) is 0 Å². The lowest BCUT2D eigenvalue weighted by Crippen LogP contribution is -2.44. The number of ether oxygens (including phenoxy) is 1. The third-order valence-electron chi connectivity index (χ3n) is 2.64. The molecule has 0 saturated heterocycles. The first kappa shape index (κ1) is 16.1. The van der Waals surface area contributed by atoms with Gasteiger partial charge in [-0.25, -0.2) is 0 Å². The zero-order valence-electron chi connectivity index (χ0n) is 12.7. The van der Waals surface area contributed by atoms with E-state index < -0.39 is 13.9 Å². The van der Waals surface area contributed by atoms with Crippen molar-refractivity contribution >= 4 is 14.1 Å². The van der Waals surface area contributed by atoms with Gasteiger partial charge in [0.05, 0.1) is 6.61 Å². The van der Waals surface area contributed by atoms with Gasteiger partial charge in [0.2, 0.25) is 0 Å². The average molecular weight is 280 g/mol. The zero-order chi connectivity index (χ0) is 14.7. The minimum absolute atomic E-state index is 0.0268. The summed E-state index contributed by atoms with van der Waals surface area (Å²) in [6.45, 7) is 10.5. The third-order valence-corrected chi connectivity index (χ3v) is 3.76. The summed E-state index contributed by atoms with van der Waals surface area (Å²) in [4.78, 5) is 12.5. The molecule has 0 N–H and O–H groups in total. The van der Waals surface area contributed by atoms with Crippen molar-refractivity contribution in [2.45, 2.75) is 45.7 Å². The van der Waals surface area contributed by atoms with E-state index in [0.717, 1.165) is 5.56 Å². The molecule has 1 aromatic rings. The summed E-state index contributed by atoms with van der Waals surface area (Å²) < 4.78 is 11.0. The van der Waals surface area contributed by atoms with Crippen molar-refractivity contribution in [1.29, 1.82) is 0 Å². The summed E-state index contributed by atoms with van der Waals surface area (Å²) in [5.74, 6) is 0.0268. The smallest absolute Gasteiger partial charge is 0.192 e. The molecule has 0 saturated carbocycles. The number of carbonyl (C=O) groups is 1. The van der Waals surface area contributed by atoms with Crippen LogP contribution in [-0.2, 0) is 15.8 Å². The Morgan fingerprint density at radius 3 is 2.11 bits per heavy atom. The van der Waals surface area contributed by atoms with Gasteiger partial charge in [-0.2, -0.15) is 0 Å². The molecule has 0 heterocycles. The second-order valence-corrected chi connectivity index (χ2v) is 10.6. The molecule has 0 aliphatic rings. The molecule has 0 fully saturated rings. The van der Waals surface area contributed by atoms with Gasteiger partial charge in [0.1, 0.15) is 5.60 Å². The molecule has 19 heavy (non-hydrogen) atoms. The van der Waals surface area contributed by atoms with E-state index in [1.54, 1.807) is 7.11 Å². The summed E-state index contributed by atoms with van der Waals surface area (Å²) in [5.41, 5.74) is 0.971. The number of hydrogen-bond acceptors (Lipinski definition) is 3. The molecule has 106 valence electrons. The summed E-state index contributed by atoms with van der Waals surface area (Å²) in [5, 5.41) is 0. The van der Waals surface area contributed by atoms with Crippen molar-refractivity contribution in [1.82, 2.24) is 0 Å². The van der Waals surface area contributed by atoms with Crippen molar-refractivity contribution in [2.24, 2.45) is 0 Å². The van der Waals surface area contributed by atoms with E-state index in [2.05, 4.69) is 19.6 Å². The van der Waals surface area contributed by atoms with E-state index in [9.17, 15) is 4.79 Å². The quantitative estimate of drug-likeness (QED) is 0.589. The fraction of sp³-hybridized carbons (Fsp3) is 0.533. The van der Waals surface area contributed by atoms with Crippen molar-refractivity contribution in [3.8, 4) is 0 Å². The summed E-state index contributed by atoms with van der Waals surface area (Å²) in [7, 11) is -0.0960. The number of benzene rings is 1. The molecule has 0 unspecified atom stereocenters. The minimum Gasteiger partial charge on any atom is -0.405 e. The average Bonchev–Trinajstić information content (AvgIpc) is 2.26. The van der Waals surface area contributed by atoms with Crippen LogP contribution in [0.1, 0.15) is 29.8 Å². The number of hydrogen-bond donors (Lipinski definition) is 0. The Morgan fingerprint density at radius 1 is 1.16 bits per heavy atom. The van der Waals surface area contributed by atoms with Crippen LogP contribution in [-0.4, -0.2) is 26.8 Å². The number of carbonyl (C=O) groups excluding carboxylic acids is 1. The summed E-state index contributed by atoms with van der Waals surface area (Å²) in [6.07, 6.45) is 0. The second kappa shape index (κ2) is 5.99. The second-order valence-electron chi connectivity index (χ2n) is 6.18. The number of methoxy groups -OCH3 is 1. The zero-order valence-corrected chi connectivity index (χ0v) is 13.7. The first-order valence-corrected chi connectivity index (χ1v) is 9.89. The first-order valence-electron chi connectivity index (χ1n) is 6.48. The Balaban J connectivity index is 2.87. The van der Waals surface area contributed by atoms with E-state index >= 15 is 0 Å². The maximum atomic E-state index is 12.5. The molecule has 0 aromatic heterocycles. The van der Waals surface area contributed by atoms with E-state index in [0.29, 0.717) is 12.2 Å². The van der Waals surface area contributed by atoms with Gasteiger partial charge in [-0.1, -0.05) is 24.3 Å². The highest BCUT2D eigenvalue weighted by molar-refractivity contribution is 6.70. The molecule has 3 nitrogen and oxygen atoms in total.